The van der Waals surface area contributed by atoms with Crippen LogP contribution in [0.3, 0.4) is 0 Å². The zero-order valence-electron chi connectivity index (χ0n) is 38.9. The minimum atomic E-state index is -0.263. The molecule has 323 valence electrons. The molecular formula is C61H50BN4S. The molecule has 0 atom stereocenters. The first-order valence-electron chi connectivity index (χ1n) is 24.1. The summed E-state index contributed by atoms with van der Waals surface area (Å²) in [6.45, 7) is 11.8. The molecule has 1 radical (unpaired) electrons. The first-order chi connectivity index (χ1) is 32.5. The van der Waals surface area contributed by atoms with Crippen LogP contribution in [-0.2, 0) is 30.7 Å². The van der Waals surface area contributed by atoms with Crippen molar-refractivity contribution >= 4 is 93.9 Å². The predicted octanol–water partition coefficient (Wildman–Crippen LogP) is 14.6. The number of aryl methyl sites for hydroxylation is 3. The second kappa shape index (κ2) is 13.8. The van der Waals surface area contributed by atoms with Crippen molar-refractivity contribution in [3.8, 4) is 39.3 Å². The van der Waals surface area contributed by atoms with Crippen molar-refractivity contribution in [3.05, 3.63) is 167 Å². The van der Waals surface area contributed by atoms with Gasteiger partial charge in [-0.1, -0.05) is 125 Å². The molecule has 0 amide bonds. The van der Waals surface area contributed by atoms with Crippen molar-refractivity contribution in [2.45, 2.75) is 71.1 Å². The van der Waals surface area contributed by atoms with E-state index < -0.39 is 0 Å². The van der Waals surface area contributed by atoms with Crippen LogP contribution >= 0.6 is 11.3 Å². The van der Waals surface area contributed by atoms with Gasteiger partial charge in [-0.2, -0.15) is 0 Å². The van der Waals surface area contributed by atoms with Crippen LogP contribution in [0.1, 0.15) is 75.3 Å². The quantitative estimate of drug-likeness (QED) is 0.179. The molecule has 0 spiro atoms. The van der Waals surface area contributed by atoms with E-state index in [2.05, 4.69) is 203 Å². The minimum absolute atomic E-state index is 0.0618. The molecule has 8 aromatic carbocycles. The Hall–Kier alpha value is -6.89. The van der Waals surface area contributed by atoms with Gasteiger partial charge >= 0.3 is 0 Å². The second-order valence-electron chi connectivity index (χ2n) is 21.0. The lowest BCUT2D eigenvalue weighted by molar-refractivity contribution is 0.590. The average molecular weight is 882 g/mol. The van der Waals surface area contributed by atoms with E-state index in [1.54, 1.807) is 0 Å². The first-order valence-corrected chi connectivity index (χ1v) is 24.9. The molecule has 11 aromatic rings. The molecule has 3 aromatic heterocycles. The third kappa shape index (κ3) is 5.57. The second-order valence-corrected chi connectivity index (χ2v) is 22.0. The summed E-state index contributed by atoms with van der Waals surface area (Å²) in [6.07, 6.45) is 4.74. The van der Waals surface area contributed by atoms with Crippen molar-refractivity contribution < 1.29 is 0 Å². The van der Waals surface area contributed by atoms with Gasteiger partial charge in [-0.05, 0) is 136 Å². The summed E-state index contributed by atoms with van der Waals surface area (Å²) in [4.78, 5) is 5.35. The average Bonchev–Trinajstić information content (AvgIpc) is 4.04. The van der Waals surface area contributed by atoms with E-state index in [0.717, 1.165) is 46.6 Å². The molecule has 14 rings (SSSR count). The van der Waals surface area contributed by atoms with E-state index in [0.29, 0.717) is 0 Å². The van der Waals surface area contributed by atoms with Crippen molar-refractivity contribution in [2.75, 3.05) is 5.32 Å². The van der Waals surface area contributed by atoms with E-state index in [1.165, 1.54) is 122 Å². The van der Waals surface area contributed by atoms with E-state index in [1.807, 2.05) is 11.3 Å². The van der Waals surface area contributed by atoms with Gasteiger partial charge in [-0.25, -0.2) is 4.98 Å². The van der Waals surface area contributed by atoms with Gasteiger partial charge in [0.2, 0.25) is 0 Å². The highest BCUT2D eigenvalue weighted by Crippen LogP contribution is 2.58. The summed E-state index contributed by atoms with van der Waals surface area (Å²) in [6, 6.07) is 52.8. The predicted molar refractivity (Wildman–Crippen MR) is 286 cm³/mol. The fourth-order valence-corrected chi connectivity index (χ4v) is 13.4. The number of benzene rings is 8. The number of imidazole rings is 1. The standard InChI is InChI=1S/C61H50BN4S/c1-60(2,3)37-24-26-38(27-25-37)63-46-32-52-41(39-20-13-15-23-51(39)67-52)30-42(46)54-53-40-21-12-14-22-44(40)61(4,5)56(53)55-43-28-35-18-10-11-19-36(35)29-48(43)66-49-33-50-47(31-45(49)62-57(54)58(55)66)64-59(65(50)6)34-16-8-7-9-17-34/h7-9,12-17,20-33,63H,10-11,18-19H2,1-6H3. The Bertz CT molecular complexity index is 3930. The molecule has 4 nitrogen and oxygen atoms in total. The number of nitrogens with one attached hydrogen (secondary N) is 1. The molecule has 1 N–H and O–H groups in total. The highest BCUT2D eigenvalue weighted by Gasteiger charge is 2.43. The summed E-state index contributed by atoms with van der Waals surface area (Å²) >= 11 is 1.88. The van der Waals surface area contributed by atoms with Crippen LogP contribution in [0.25, 0.3) is 92.3 Å². The van der Waals surface area contributed by atoms with Gasteiger partial charge in [0.25, 0.3) is 0 Å². The van der Waals surface area contributed by atoms with Gasteiger partial charge < -0.3 is 14.5 Å². The van der Waals surface area contributed by atoms with Gasteiger partial charge in [0.15, 0.2) is 7.28 Å². The van der Waals surface area contributed by atoms with Crippen molar-refractivity contribution in [3.63, 3.8) is 0 Å². The largest absolute Gasteiger partial charge is 0.355 e. The number of nitrogens with zero attached hydrogens (tertiary/aromatic N) is 3. The Morgan fingerprint density at radius 3 is 2.24 bits per heavy atom. The molecule has 4 heterocycles. The highest BCUT2D eigenvalue weighted by atomic mass is 32.1. The molecule has 6 heteroatoms. The van der Waals surface area contributed by atoms with Crippen LogP contribution in [0.2, 0.25) is 0 Å². The van der Waals surface area contributed by atoms with Gasteiger partial charge in [0.05, 0.1) is 16.6 Å². The third-order valence-corrected chi connectivity index (χ3v) is 16.8. The van der Waals surface area contributed by atoms with Crippen molar-refractivity contribution in [2.24, 2.45) is 7.05 Å². The minimum Gasteiger partial charge on any atom is -0.355 e. The molecule has 3 aliphatic rings. The van der Waals surface area contributed by atoms with Crippen LogP contribution < -0.4 is 16.2 Å². The van der Waals surface area contributed by atoms with E-state index in [4.69, 9.17) is 4.98 Å². The lowest BCUT2D eigenvalue weighted by Crippen LogP contribution is -2.38. The van der Waals surface area contributed by atoms with Crippen LogP contribution in [0.5, 0.6) is 0 Å². The molecule has 2 aliphatic carbocycles. The highest BCUT2D eigenvalue weighted by molar-refractivity contribution is 7.25. The Balaban J connectivity index is 1.14. The Morgan fingerprint density at radius 1 is 0.687 bits per heavy atom. The molecule has 0 saturated heterocycles. The number of hydrogen-bond donors (Lipinski definition) is 1. The zero-order valence-corrected chi connectivity index (χ0v) is 39.8. The third-order valence-electron chi connectivity index (χ3n) is 15.6. The Kier molecular flexibility index (Phi) is 8.12. The summed E-state index contributed by atoms with van der Waals surface area (Å²) in [7, 11) is 4.69. The number of thiophene rings is 1. The monoisotopic (exact) mass is 881 g/mol. The molecule has 0 bridgehead atoms. The Morgan fingerprint density at radius 2 is 1.43 bits per heavy atom. The molecule has 0 unspecified atom stereocenters. The zero-order chi connectivity index (χ0) is 45.1. The number of fused-ring (bicyclic) bond motifs is 14. The maximum absolute atomic E-state index is 5.35. The van der Waals surface area contributed by atoms with E-state index in [9.17, 15) is 0 Å². The Labute approximate surface area is 396 Å². The smallest absolute Gasteiger partial charge is 0.198 e. The van der Waals surface area contributed by atoms with Gasteiger partial charge in [-0.15, -0.1) is 11.3 Å². The summed E-state index contributed by atoms with van der Waals surface area (Å²) < 4.78 is 7.54. The number of anilines is 2. The lowest BCUT2D eigenvalue weighted by Gasteiger charge is -2.29. The molecule has 0 saturated carbocycles. The normalized spacial score (nSPS) is 14.7. The van der Waals surface area contributed by atoms with Crippen molar-refractivity contribution in [1.82, 2.24) is 14.1 Å². The molecule has 1 aliphatic heterocycles. The summed E-state index contributed by atoms with van der Waals surface area (Å²) in [5.74, 6) is 0.979. The van der Waals surface area contributed by atoms with E-state index >= 15 is 0 Å². The first kappa shape index (κ1) is 39.3. The summed E-state index contributed by atoms with van der Waals surface area (Å²) in [5, 5.41) is 9.42. The van der Waals surface area contributed by atoms with Gasteiger partial charge in [-0.3, -0.25) is 0 Å². The van der Waals surface area contributed by atoms with E-state index in [-0.39, 0.29) is 10.8 Å². The van der Waals surface area contributed by atoms with Gasteiger partial charge in [0.1, 0.15) is 5.82 Å². The number of aromatic nitrogens is 3. The molecule has 0 fully saturated rings. The van der Waals surface area contributed by atoms with Crippen LogP contribution in [0.4, 0.5) is 11.4 Å². The number of rotatable bonds is 4. The topological polar surface area (TPSA) is 34.8 Å². The molecular weight excluding hydrogens is 832 g/mol. The molecule has 67 heavy (non-hydrogen) atoms. The van der Waals surface area contributed by atoms with Gasteiger partial charge in [0, 0.05) is 77.1 Å². The lowest BCUT2D eigenvalue weighted by atomic mass is 9.57. The maximum Gasteiger partial charge on any atom is 0.198 e. The van der Waals surface area contributed by atoms with Crippen LogP contribution in [-0.4, -0.2) is 21.4 Å². The fraction of sp³-hybridized carbons (Fsp3) is 0.197. The SMILES string of the molecule is Cn1c(-c2ccccc2)nc2cc3c(cc21)-n1c2cc4c(cc2c2c5c(c(-c6cc7c(cc6Nc6ccc(C(C)(C)C)cc6)sc6ccccc67)c(c21)[B]3)-c1ccccc1C5(C)C)CCCC4. The van der Waals surface area contributed by atoms with Crippen molar-refractivity contribution in [1.29, 1.82) is 0 Å². The fourth-order valence-electron chi connectivity index (χ4n) is 12.3. The van der Waals surface area contributed by atoms with Crippen LogP contribution in [0, 0.1) is 0 Å². The van der Waals surface area contributed by atoms with Crippen LogP contribution in [0.15, 0.2) is 140 Å². The summed E-state index contributed by atoms with van der Waals surface area (Å²) in [5.41, 5.74) is 23.9. The number of hydrogen-bond acceptors (Lipinski definition) is 3. The maximum atomic E-state index is 5.35.